The van der Waals surface area contributed by atoms with Crippen molar-refractivity contribution in [3.8, 4) is 11.1 Å². The van der Waals surface area contributed by atoms with E-state index in [0.717, 1.165) is 23.3 Å². The van der Waals surface area contributed by atoms with Gasteiger partial charge in [0.2, 0.25) is 9.84 Å². The fourth-order valence-corrected chi connectivity index (χ4v) is 5.48. The number of hydrogen-bond acceptors (Lipinski definition) is 8. The first kappa shape index (κ1) is 27.3. The van der Waals surface area contributed by atoms with Crippen LogP contribution in [0, 0.1) is 0 Å². The van der Waals surface area contributed by atoms with Crippen molar-refractivity contribution >= 4 is 33.2 Å². The van der Waals surface area contributed by atoms with Crippen LogP contribution in [0.1, 0.15) is 55.9 Å². The molecule has 1 aromatic heterocycles. The molecule has 0 spiro atoms. The predicted molar refractivity (Wildman–Crippen MR) is 138 cm³/mol. The van der Waals surface area contributed by atoms with Gasteiger partial charge in [-0.2, -0.15) is 0 Å². The maximum Gasteiger partial charge on any atom is 0.408 e. The standard InChI is InChI=1S/C26H30N2O6S2/c1-5-6-12-33-24(29)20-13-19(18-10-8-7-9-11-18)14-21(15-20)36(31,32)23-17-35-22(28-23)16-27-25(30)34-26(2,3)4/h7-11,13-15,17H,5-6,12,16H2,1-4H3,(H,27,30). The van der Waals surface area contributed by atoms with Gasteiger partial charge in [0.1, 0.15) is 10.6 Å². The van der Waals surface area contributed by atoms with Gasteiger partial charge in [-0.1, -0.05) is 43.7 Å². The number of unbranched alkanes of at least 4 members (excludes halogenated alkanes) is 1. The molecule has 10 heteroatoms. The number of sulfone groups is 1. The minimum Gasteiger partial charge on any atom is -0.462 e. The van der Waals surface area contributed by atoms with E-state index in [9.17, 15) is 18.0 Å². The van der Waals surface area contributed by atoms with Crippen LogP contribution >= 0.6 is 11.3 Å². The molecule has 1 amide bonds. The molecule has 8 nitrogen and oxygen atoms in total. The second kappa shape index (κ2) is 11.7. The number of hydrogen-bond donors (Lipinski definition) is 1. The van der Waals surface area contributed by atoms with Gasteiger partial charge in [0.25, 0.3) is 0 Å². The summed E-state index contributed by atoms with van der Waals surface area (Å²) >= 11 is 1.10. The van der Waals surface area contributed by atoms with E-state index in [0.29, 0.717) is 17.0 Å². The van der Waals surface area contributed by atoms with Gasteiger partial charge in [0.15, 0.2) is 5.03 Å². The van der Waals surface area contributed by atoms with Gasteiger partial charge < -0.3 is 14.8 Å². The van der Waals surface area contributed by atoms with Gasteiger partial charge in [-0.25, -0.2) is 23.0 Å². The Morgan fingerprint density at radius 1 is 1.06 bits per heavy atom. The molecule has 0 aliphatic rings. The quantitative estimate of drug-likeness (QED) is 0.282. The van der Waals surface area contributed by atoms with Crippen LogP contribution in [-0.4, -0.2) is 37.7 Å². The fraction of sp³-hybridized carbons (Fsp3) is 0.346. The first-order chi connectivity index (χ1) is 17.0. The van der Waals surface area contributed by atoms with E-state index in [4.69, 9.17) is 9.47 Å². The molecular weight excluding hydrogens is 500 g/mol. The first-order valence-electron chi connectivity index (χ1n) is 11.5. The van der Waals surface area contributed by atoms with Gasteiger partial charge in [-0.05, 0) is 56.5 Å². The molecule has 0 saturated carbocycles. The van der Waals surface area contributed by atoms with Crippen LogP contribution in [0.3, 0.4) is 0 Å². The summed E-state index contributed by atoms with van der Waals surface area (Å²) in [7, 11) is -4.05. The minimum absolute atomic E-state index is 0.0220. The van der Waals surface area contributed by atoms with E-state index in [-0.39, 0.29) is 28.6 Å². The van der Waals surface area contributed by atoms with Crippen molar-refractivity contribution in [1.29, 1.82) is 0 Å². The van der Waals surface area contributed by atoms with Crippen LogP contribution < -0.4 is 5.32 Å². The molecule has 0 bridgehead atoms. The van der Waals surface area contributed by atoms with Crippen molar-refractivity contribution < 1.29 is 27.5 Å². The number of nitrogens with one attached hydrogen (secondary N) is 1. The molecule has 192 valence electrons. The number of thiazole rings is 1. The zero-order valence-corrected chi connectivity index (χ0v) is 22.4. The Labute approximate surface area is 215 Å². The molecule has 3 aromatic rings. The van der Waals surface area contributed by atoms with Gasteiger partial charge in [-0.3, -0.25) is 0 Å². The molecule has 0 aliphatic heterocycles. The molecule has 0 radical (unpaired) electrons. The molecule has 2 aromatic carbocycles. The lowest BCUT2D eigenvalue weighted by Gasteiger charge is -2.19. The number of alkyl carbamates (subject to hydrolysis) is 1. The van der Waals surface area contributed by atoms with Crippen molar-refractivity contribution in [3.63, 3.8) is 0 Å². The van der Waals surface area contributed by atoms with Gasteiger partial charge in [-0.15, -0.1) is 11.3 Å². The molecule has 1 heterocycles. The SMILES string of the molecule is CCCCOC(=O)c1cc(-c2ccccc2)cc(S(=O)(=O)c2csc(CNC(=O)OC(C)(C)C)n2)c1. The Morgan fingerprint density at radius 3 is 2.44 bits per heavy atom. The molecule has 0 aliphatic carbocycles. The summed E-state index contributed by atoms with van der Waals surface area (Å²) < 4.78 is 37.5. The normalized spacial score (nSPS) is 11.7. The Kier molecular flexibility index (Phi) is 8.86. The van der Waals surface area contributed by atoms with Crippen molar-refractivity contribution in [2.24, 2.45) is 0 Å². The fourth-order valence-electron chi connectivity index (χ4n) is 3.14. The number of rotatable bonds is 9. The smallest absolute Gasteiger partial charge is 0.408 e. The average Bonchev–Trinajstić information content (AvgIpc) is 3.32. The third-order valence-electron chi connectivity index (χ3n) is 4.88. The van der Waals surface area contributed by atoms with Crippen LogP contribution in [0.25, 0.3) is 11.1 Å². The summed E-state index contributed by atoms with van der Waals surface area (Å²) in [5.41, 5.74) is 0.826. The van der Waals surface area contributed by atoms with Crippen molar-refractivity contribution in [2.45, 2.75) is 62.6 Å². The molecule has 0 atom stereocenters. The van der Waals surface area contributed by atoms with E-state index in [1.807, 2.05) is 37.3 Å². The summed E-state index contributed by atoms with van der Waals surface area (Å²) in [4.78, 5) is 28.7. The maximum absolute atomic E-state index is 13.5. The van der Waals surface area contributed by atoms with E-state index < -0.39 is 27.5 Å². The average molecular weight is 531 g/mol. The Morgan fingerprint density at radius 2 is 1.78 bits per heavy atom. The molecular formula is C26H30N2O6S2. The van der Waals surface area contributed by atoms with E-state index in [1.165, 1.54) is 17.5 Å². The van der Waals surface area contributed by atoms with E-state index in [2.05, 4.69) is 10.3 Å². The van der Waals surface area contributed by atoms with E-state index in [1.54, 1.807) is 26.8 Å². The van der Waals surface area contributed by atoms with Gasteiger partial charge >= 0.3 is 12.1 Å². The zero-order valence-electron chi connectivity index (χ0n) is 20.7. The van der Waals surface area contributed by atoms with Crippen molar-refractivity contribution in [1.82, 2.24) is 10.3 Å². The number of benzene rings is 2. The summed E-state index contributed by atoms with van der Waals surface area (Å²) in [5, 5.41) is 4.22. The lowest BCUT2D eigenvalue weighted by Crippen LogP contribution is -2.32. The molecule has 0 fully saturated rings. The number of ether oxygens (including phenoxy) is 2. The number of nitrogens with zero attached hydrogens (tertiary/aromatic N) is 1. The Hall–Kier alpha value is -3.24. The summed E-state index contributed by atoms with van der Waals surface area (Å²) in [6, 6.07) is 13.6. The number of carbonyl (C=O) groups excluding carboxylic acids is 2. The zero-order chi connectivity index (χ0) is 26.3. The van der Waals surface area contributed by atoms with Gasteiger partial charge in [0, 0.05) is 5.38 Å². The molecule has 0 unspecified atom stereocenters. The molecule has 0 saturated heterocycles. The first-order valence-corrected chi connectivity index (χ1v) is 13.9. The Bertz CT molecular complexity index is 1310. The lowest BCUT2D eigenvalue weighted by molar-refractivity contribution is 0.0495. The van der Waals surface area contributed by atoms with Crippen molar-refractivity contribution in [2.75, 3.05) is 6.61 Å². The van der Waals surface area contributed by atoms with Crippen LogP contribution in [0.2, 0.25) is 0 Å². The van der Waals surface area contributed by atoms with Crippen LogP contribution in [0.4, 0.5) is 4.79 Å². The lowest BCUT2D eigenvalue weighted by atomic mass is 10.0. The summed E-state index contributed by atoms with van der Waals surface area (Å²) in [6.45, 7) is 7.51. The highest BCUT2D eigenvalue weighted by Gasteiger charge is 2.25. The summed E-state index contributed by atoms with van der Waals surface area (Å²) in [5.74, 6) is -0.585. The molecule has 1 N–H and O–H groups in total. The number of amides is 1. The molecule has 3 rings (SSSR count). The number of esters is 1. The van der Waals surface area contributed by atoms with Crippen LogP contribution in [-0.2, 0) is 25.9 Å². The summed E-state index contributed by atoms with van der Waals surface area (Å²) in [6.07, 6.45) is 0.962. The second-order valence-corrected chi connectivity index (χ2v) is 11.9. The number of carbonyl (C=O) groups is 2. The monoisotopic (exact) mass is 530 g/mol. The van der Waals surface area contributed by atoms with Crippen LogP contribution in [0.5, 0.6) is 0 Å². The predicted octanol–water partition coefficient (Wildman–Crippen LogP) is 5.62. The number of aromatic nitrogens is 1. The van der Waals surface area contributed by atoms with E-state index >= 15 is 0 Å². The Balaban J connectivity index is 1.90. The molecule has 36 heavy (non-hydrogen) atoms. The van der Waals surface area contributed by atoms with Crippen molar-refractivity contribution in [3.05, 3.63) is 64.5 Å². The highest BCUT2D eigenvalue weighted by molar-refractivity contribution is 7.91. The minimum atomic E-state index is -4.05. The highest BCUT2D eigenvalue weighted by Crippen LogP contribution is 2.29. The van der Waals surface area contributed by atoms with Crippen LogP contribution in [0.15, 0.2) is 63.8 Å². The largest absolute Gasteiger partial charge is 0.462 e. The van der Waals surface area contributed by atoms with Gasteiger partial charge in [0.05, 0.1) is 23.6 Å². The second-order valence-electron chi connectivity index (χ2n) is 9.04. The maximum atomic E-state index is 13.5. The topological polar surface area (TPSA) is 112 Å². The third kappa shape index (κ3) is 7.38. The third-order valence-corrected chi connectivity index (χ3v) is 7.49. The highest BCUT2D eigenvalue weighted by atomic mass is 32.2.